The van der Waals surface area contributed by atoms with Crippen molar-refractivity contribution >= 4 is 17.4 Å². The summed E-state index contributed by atoms with van der Waals surface area (Å²) in [5.74, 6) is 1.06. The van der Waals surface area contributed by atoms with Crippen LogP contribution in [0.15, 0.2) is 39.9 Å². The molecule has 1 amide bonds. The first kappa shape index (κ1) is 20.4. The molecule has 160 valence electrons. The molecule has 0 aliphatic heterocycles. The van der Waals surface area contributed by atoms with Crippen LogP contribution in [0.3, 0.4) is 0 Å². The van der Waals surface area contributed by atoms with Crippen molar-refractivity contribution in [3.8, 4) is 0 Å². The molecule has 8 nitrogen and oxygen atoms in total. The van der Waals surface area contributed by atoms with Gasteiger partial charge in [-0.05, 0) is 36.7 Å². The Morgan fingerprint density at radius 3 is 2.67 bits per heavy atom. The highest BCUT2D eigenvalue weighted by Crippen LogP contribution is 2.48. The van der Waals surface area contributed by atoms with E-state index in [-0.39, 0.29) is 36.5 Å². The van der Waals surface area contributed by atoms with Crippen LogP contribution in [-0.4, -0.2) is 29.2 Å². The number of amides is 1. The third-order valence-corrected chi connectivity index (χ3v) is 6.35. The van der Waals surface area contributed by atoms with Gasteiger partial charge in [-0.25, -0.2) is 4.79 Å². The summed E-state index contributed by atoms with van der Waals surface area (Å²) in [5, 5.41) is 6.03. The minimum absolute atomic E-state index is 0.0593. The van der Waals surface area contributed by atoms with Crippen molar-refractivity contribution in [3.05, 3.63) is 56.7 Å². The van der Waals surface area contributed by atoms with E-state index in [1.807, 2.05) is 30.3 Å². The lowest BCUT2D eigenvalue weighted by molar-refractivity contribution is -0.121. The van der Waals surface area contributed by atoms with Crippen LogP contribution in [-0.2, 0) is 22.6 Å². The highest BCUT2D eigenvalue weighted by Gasteiger charge is 2.43. The molecule has 4 rings (SSSR count). The normalized spacial score (nSPS) is 22.2. The minimum Gasteiger partial charge on any atom is -0.383 e. The van der Waals surface area contributed by atoms with Gasteiger partial charge in [0.25, 0.3) is 5.56 Å². The number of hydrogen-bond acceptors (Lipinski definition) is 5. The number of benzene rings is 1. The first-order valence-electron chi connectivity index (χ1n) is 10.5. The average molecular weight is 412 g/mol. The Balaban J connectivity index is 1.64. The molecule has 0 radical (unpaired) electrons. The van der Waals surface area contributed by atoms with Crippen molar-refractivity contribution in [1.29, 1.82) is 0 Å². The lowest BCUT2D eigenvalue weighted by Gasteiger charge is -2.23. The molecule has 2 bridgehead atoms. The number of aromatic nitrogens is 2. The van der Waals surface area contributed by atoms with Crippen molar-refractivity contribution in [2.24, 2.45) is 17.8 Å². The summed E-state index contributed by atoms with van der Waals surface area (Å²) in [6, 6.07) is 9.63. The predicted molar refractivity (Wildman–Crippen MR) is 115 cm³/mol. The van der Waals surface area contributed by atoms with E-state index < -0.39 is 11.2 Å². The number of fused-ring (bicyclic) bond motifs is 2. The van der Waals surface area contributed by atoms with Gasteiger partial charge in [-0.2, -0.15) is 0 Å². The molecule has 3 unspecified atom stereocenters. The Bertz CT molecular complexity index is 1010. The van der Waals surface area contributed by atoms with Crippen LogP contribution >= 0.6 is 0 Å². The molecular weight excluding hydrogens is 384 g/mol. The van der Waals surface area contributed by atoms with Crippen molar-refractivity contribution in [3.63, 3.8) is 0 Å². The predicted octanol–water partition coefficient (Wildman–Crippen LogP) is 2.17. The zero-order valence-electron chi connectivity index (χ0n) is 17.1. The number of rotatable bonds is 8. The first-order chi connectivity index (χ1) is 14.6. The summed E-state index contributed by atoms with van der Waals surface area (Å²) < 4.78 is 6.48. The fourth-order valence-corrected chi connectivity index (χ4v) is 4.82. The van der Waals surface area contributed by atoms with Gasteiger partial charge in [-0.3, -0.25) is 19.1 Å². The Labute approximate surface area is 174 Å². The molecule has 0 spiro atoms. The number of H-pyrrole nitrogens is 1. The zero-order chi connectivity index (χ0) is 21.1. The van der Waals surface area contributed by atoms with E-state index in [0.29, 0.717) is 18.4 Å². The zero-order valence-corrected chi connectivity index (χ0v) is 17.1. The number of methoxy groups -OCH3 is 1. The van der Waals surface area contributed by atoms with E-state index in [1.54, 1.807) is 7.11 Å². The Hall–Kier alpha value is -2.87. The van der Waals surface area contributed by atoms with Gasteiger partial charge in [0.2, 0.25) is 5.91 Å². The number of nitrogens with one attached hydrogen (secondary N) is 3. The average Bonchev–Trinajstić information content (AvgIpc) is 3.37. The van der Waals surface area contributed by atoms with Gasteiger partial charge in [0, 0.05) is 19.6 Å². The number of aromatic amines is 1. The van der Waals surface area contributed by atoms with Gasteiger partial charge < -0.3 is 15.4 Å². The van der Waals surface area contributed by atoms with Gasteiger partial charge >= 0.3 is 5.69 Å². The van der Waals surface area contributed by atoms with Crippen LogP contribution < -0.4 is 21.9 Å². The lowest BCUT2D eigenvalue weighted by Crippen LogP contribution is -2.37. The van der Waals surface area contributed by atoms with Crippen LogP contribution in [0.1, 0.15) is 31.2 Å². The number of hydrogen-bond donors (Lipinski definition) is 3. The largest absolute Gasteiger partial charge is 0.383 e. The number of ether oxygens (including phenoxy) is 1. The fourth-order valence-electron chi connectivity index (χ4n) is 4.82. The second-order valence-electron chi connectivity index (χ2n) is 8.24. The highest BCUT2D eigenvalue weighted by atomic mass is 16.5. The van der Waals surface area contributed by atoms with Crippen molar-refractivity contribution in [1.82, 2.24) is 9.55 Å². The van der Waals surface area contributed by atoms with Crippen LogP contribution in [0.25, 0.3) is 0 Å². The van der Waals surface area contributed by atoms with E-state index in [9.17, 15) is 14.4 Å². The van der Waals surface area contributed by atoms with Crippen LogP contribution in [0.2, 0.25) is 0 Å². The lowest BCUT2D eigenvalue weighted by atomic mass is 9.88. The maximum Gasteiger partial charge on any atom is 0.330 e. The summed E-state index contributed by atoms with van der Waals surface area (Å²) in [4.78, 5) is 40.5. The van der Waals surface area contributed by atoms with Crippen LogP contribution in [0.4, 0.5) is 11.5 Å². The summed E-state index contributed by atoms with van der Waals surface area (Å²) in [6.07, 6.45) is 4.26. The van der Waals surface area contributed by atoms with E-state index in [0.717, 1.165) is 24.8 Å². The molecule has 2 fully saturated rings. The van der Waals surface area contributed by atoms with Gasteiger partial charge in [-0.15, -0.1) is 0 Å². The molecule has 8 heteroatoms. The number of carbonyl (C=O) groups is 1. The Morgan fingerprint density at radius 1 is 1.20 bits per heavy atom. The SMILES string of the molecule is COCCn1c(NC(=O)C2CC3CCC2C3)c(NCc2ccccc2)c(=O)[nH]c1=O. The monoisotopic (exact) mass is 412 g/mol. The quantitative estimate of drug-likeness (QED) is 0.616. The second kappa shape index (κ2) is 8.87. The topological polar surface area (TPSA) is 105 Å². The van der Waals surface area contributed by atoms with Crippen molar-refractivity contribution in [2.75, 3.05) is 24.4 Å². The molecule has 2 aliphatic carbocycles. The third kappa shape index (κ3) is 4.18. The van der Waals surface area contributed by atoms with Gasteiger partial charge in [-0.1, -0.05) is 36.8 Å². The molecule has 2 aliphatic rings. The Kier molecular flexibility index (Phi) is 6.03. The van der Waals surface area contributed by atoms with Gasteiger partial charge in [0.15, 0.2) is 0 Å². The maximum absolute atomic E-state index is 13.1. The third-order valence-electron chi connectivity index (χ3n) is 6.35. The number of anilines is 2. The van der Waals surface area contributed by atoms with E-state index in [2.05, 4.69) is 15.6 Å². The fraction of sp³-hybridized carbons (Fsp3) is 0.500. The minimum atomic E-state index is -0.564. The summed E-state index contributed by atoms with van der Waals surface area (Å²) in [6.45, 7) is 0.892. The molecule has 3 N–H and O–H groups in total. The smallest absolute Gasteiger partial charge is 0.330 e. The van der Waals surface area contributed by atoms with Crippen LogP contribution in [0, 0.1) is 17.8 Å². The van der Waals surface area contributed by atoms with Crippen LogP contribution in [0.5, 0.6) is 0 Å². The molecule has 1 aromatic heterocycles. The highest BCUT2D eigenvalue weighted by molar-refractivity contribution is 5.95. The van der Waals surface area contributed by atoms with Gasteiger partial charge in [0.05, 0.1) is 13.2 Å². The summed E-state index contributed by atoms with van der Waals surface area (Å²) in [5.41, 5.74) is 0.0568. The summed E-state index contributed by atoms with van der Waals surface area (Å²) >= 11 is 0. The number of nitrogens with zero attached hydrogens (tertiary/aromatic N) is 1. The van der Waals surface area contributed by atoms with Crippen molar-refractivity contribution < 1.29 is 9.53 Å². The Morgan fingerprint density at radius 2 is 2.00 bits per heavy atom. The first-order valence-corrected chi connectivity index (χ1v) is 10.5. The standard InChI is InChI=1S/C22H28N4O4/c1-30-10-9-26-19(24-20(27)17-12-15-7-8-16(17)11-15)18(21(28)25-22(26)29)23-13-14-5-3-2-4-6-14/h2-6,15-17,23H,7-13H2,1H3,(H,24,27)(H,25,28,29). The van der Waals surface area contributed by atoms with E-state index >= 15 is 0 Å². The summed E-state index contributed by atoms with van der Waals surface area (Å²) in [7, 11) is 1.54. The molecular formula is C22H28N4O4. The van der Waals surface area contributed by atoms with Crippen molar-refractivity contribution in [2.45, 2.75) is 38.8 Å². The maximum atomic E-state index is 13.1. The molecule has 0 saturated heterocycles. The van der Waals surface area contributed by atoms with Gasteiger partial charge in [0.1, 0.15) is 11.5 Å². The molecule has 2 aromatic rings. The molecule has 30 heavy (non-hydrogen) atoms. The molecule has 2 saturated carbocycles. The molecule has 1 heterocycles. The molecule has 3 atom stereocenters. The van der Waals surface area contributed by atoms with E-state index in [4.69, 9.17) is 4.74 Å². The second-order valence-corrected chi connectivity index (χ2v) is 8.24. The van der Waals surface area contributed by atoms with E-state index in [1.165, 1.54) is 11.0 Å². The molecule has 1 aromatic carbocycles. The number of carbonyl (C=O) groups excluding carboxylic acids is 1.